The van der Waals surface area contributed by atoms with Gasteiger partial charge in [-0.15, -0.1) is 12.4 Å². The molecule has 4 rings (SSSR count). The largest absolute Gasteiger partial charge is 0.338 e. The molecule has 1 unspecified atom stereocenters. The van der Waals surface area contributed by atoms with E-state index in [0.717, 1.165) is 28.0 Å². The number of benzene rings is 2. The van der Waals surface area contributed by atoms with Gasteiger partial charge in [0.25, 0.3) is 0 Å². The summed E-state index contributed by atoms with van der Waals surface area (Å²) in [4.78, 5) is 19.7. The van der Waals surface area contributed by atoms with Crippen LogP contribution in [0.1, 0.15) is 18.9 Å². The fraction of sp³-hybridized carbons (Fsp3) is 0.167. The summed E-state index contributed by atoms with van der Waals surface area (Å²) < 4.78 is 0. The summed E-state index contributed by atoms with van der Waals surface area (Å²) in [6.45, 7) is 2.02. The number of halogens is 1. The van der Waals surface area contributed by atoms with Gasteiger partial charge >= 0.3 is 0 Å². The maximum Gasteiger partial charge on any atom is 0.241 e. The predicted octanol–water partition coefficient (Wildman–Crippen LogP) is 3.42. The number of aromatic amines is 1. The quantitative estimate of drug-likeness (QED) is 0.750. The van der Waals surface area contributed by atoms with Gasteiger partial charge in [-0.3, -0.25) is 4.79 Å². The van der Waals surface area contributed by atoms with Crippen molar-refractivity contribution in [3.05, 3.63) is 54.1 Å². The van der Waals surface area contributed by atoms with Crippen molar-refractivity contribution < 1.29 is 4.79 Å². The highest BCUT2D eigenvalue weighted by Crippen LogP contribution is 2.30. The molecule has 24 heavy (non-hydrogen) atoms. The second kappa shape index (κ2) is 6.09. The SMILES string of the molecule is CC1(c2ccc3nc(-c4ccccc4)[nH]c3c2)C=NNC(=O)C1.Cl. The van der Waals surface area contributed by atoms with Gasteiger partial charge in [-0.05, 0) is 24.6 Å². The average Bonchev–Trinajstić information content (AvgIpc) is 2.98. The molecule has 1 aliphatic heterocycles. The standard InChI is InChI=1S/C18H16N4O.ClH/c1-18(10-16(23)22-19-11-18)13-7-8-14-15(9-13)21-17(20-14)12-5-3-2-4-6-12;/h2-9,11H,10H2,1H3,(H,20,21)(H,22,23);1H. The van der Waals surface area contributed by atoms with Gasteiger partial charge in [0.05, 0.1) is 11.0 Å². The van der Waals surface area contributed by atoms with E-state index in [4.69, 9.17) is 0 Å². The minimum absolute atomic E-state index is 0. The first-order chi connectivity index (χ1) is 11.1. The van der Waals surface area contributed by atoms with Gasteiger partial charge in [-0.2, -0.15) is 5.10 Å². The van der Waals surface area contributed by atoms with Crippen LogP contribution in [0, 0.1) is 0 Å². The molecule has 1 aliphatic rings. The number of fused-ring (bicyclic) bond motifs is 1. The summed E-state index contributed by atoms with van der Waals surface area (Å²) in [6, 6.07) is 16.1. The van der Waals surface area contributed by atoms with E-state index in [1.165, 1.54) is 0 Å². The van der Waals surface area contributed by atoms with Crippen molar-refractivity contribution >= 4 is 35.6 Å². The van der Waals surface area contributed by atoms with E-state index in [-0.39, 0.29) is 18.3 Å². The highest BCUT2D eigenvalue weighted by Gasteiger charge is 2.31. The molecule has 122 valence electrons. The van der Waals surface area contributed by atoms with Crippen molar-refractivity contribution in [2.24, 2.45) is 5.10 Å². The number of carbonyl (C=O) groups is 1. The first-order valence-electron chi connectivity index (χ1n) is 7.53. The Morgan fingerprint density at radius 3 is 2.67 bits per heavy atom. The molecule has 2 aromatic carbocycles. The van der Waals surface area contributed by atoms with Crippen molar-refractivity contribution in [2.45, 2.75) is 18.8 Å². The summed E-state index contributed by atoms with van der Waals surface area (Å²) in [6.07, 6.45) is 2.19. The van der Waals surface area contributed by atoms with Crippen LogP contribution in [-0.2, 0) is 10.2 Å². The number of hydrogen-bond donors (Lipinski definition) is 2. The number of H-pyrrole nitrogens is 1. The third kappa shape index (κ3) is 2.78. The molecular weight excluding hydrogens is 324 g/mol. The Balaban J connectivity index is 0.00000169. The Bertz CT molecular complexity index is 919. The van der Waals surface area contributed by atoms with Gasteiger partial charge < -0.3 is 4.98 Å². The van der Waals surface area contributed by atoms with E-state index in [2.05, 4.69) is 26.6 Å². The van der Waals surface area contributed by atoms with Crippen molar-refractivity contribution in [2.75, 3.05) is 0 Å². The molecule has 0 fully saturated rings. The number of rotatable bonds is 2. The predicted molar refractivity (Wildman–Crippen MR) is 97.4 cm³/mol. The van der Waals surface area contributed by atoms with Crippen molar-refractivity contribution in [3.8, 4) is 11.4 Å². The fourth-order valence-electron chi connectivity index (χ4n) is 2.94. The molecular formula is C18H17ClN4O. The zero-order valence-electron chi connectivity index (χ0n) is 13.1. The Hall–Kier alpha value is -2.66. The minimum Gasteiger partial charge on any atom is -0.338 e. The number of carbonyl (C=O) groups excluding carboxylic acids is 1. The van der Waals surface area contributed by atoms with Gasteiger partial charge in [0.15, 0.2) is 0 Å². The van der Waals surface area contributed by atoms with Crippen LogP contribution in [0.4, 0.5) is 0 Å². The second-order valence-corrected chi connectivity index (χ2v) is 6.07. The molecule has 0 bridgehead atoms. The monoisotopic (exact) mass is 340 g/mol. The summed E-state index contributed by atoms with van der Waals surface area (Å²) in [5, 5.41) is 3.97. The van der Waals surface area contributed by atoms with Crippen molar-refractivity contribution in [1.29, 1.82) is 0 Å². The molecule has 5 nitrogen and oxygen atoms in total. The number of imidazole rings is 1. The third-order valence-corrected chi connectivity index (χ3v) is 4.26. The van der Waals surface area contributed by atoms with E-state index in [0.29, 0.717) is 6.42 Å². The van der Waals surface area contributed by atoms with Crippen LogP contribution in [0.5, 0.6) is 0 Å². The van der Waals surface area contributed by atoms with Crippen LogP contribution in [0.15, 0.2) is 53.6 Å². The molecule has 2 heterocycles. The number of nitrogens with zero attached hydrogens (tertiary/aromatic N) is 2. The van der Waals surface area contributed by atoms with E-state index < -0.39 is 5.41 Å². The van der Waals surface area contributed by atoms with Crippen molar-refractivity contribution in [1.82, 2.24) is 15.4 Å². The second-order valence-electron chi connectivity index (χ2n) is 6.07. The first-order valence-corrected chi connectivity index (χ1v) is 7.53. The van der Waals surface area contributed by atoms with Gasteiger partial charge in [-0.25, -0.2) is 10.4 Å². The lowest BCUT2D eigenvalue weighted by atomic mass is 9.79. The topological polar surface area (TPSA) is 70.1 Å². The summed E-state index contributed by atoms with van der Waals surface area (Å²) in [5.41, 5.74) is 6.06. The number of hydrogen-bond acceptors (Lipinski definition) is 3. The van der Waals surface area contributed by atoms with Gasteiger partial charge in [0.1, 0.15) is 5.82 Å². The number of amides is 1. The molecule has 3 aromatic rings. The highest BCUT2D eigenvalue weighted by atomic mass is 35.5. The normalized spacial score (nSPS) is 19.8. The molecule has 1 amide bonds. The van der Waals surface area contributed by atoms with Gasteiger partial charge in [0.2, 0.25) is 5.91 Å². The Kier molecular flexibility index (Phi) is 4.11. The maximum absolute atomic E-state index is 11.7. The molecule has 0 spiro atoms. The van der Waals surface area contributed by atoms with E-state index in [1.54, 1.807) is 6.21 Å². The molecule has 2 N–H and O–H groups in total. The zero-order valence-corrected chi connectivity index (χ0v) is 13.9. The van der Waals surface area contributed by atoms with E-state index in [9.17, 15) is 4.79 Å². The molecule has 6 heteroatoms. The minimum atomic E-state index is -0.394. The zero-order chi connectivity index (χ0) is 15.9. The summed E-state index contributed by atoms with van der Waals surface area (Å²) >= 11 is 0. The first kappa shape index (κ1) is 16.2. The third-order valence-electron chi connectivity index (χ3n) is 4.26. The average molecular weight is 341 g/mol. The number of aromatic nitrogens is 2. The Morgan fingerprint density at radius 2 is 1.92 bits per heavy atom. The lowest BCUT2D eigenvalue weighted by Crippen LogP contribution is -2.37. The van der Waals surface area contributed by atoms with Crippen LogP contribution in [0.3, 0.4) is 0 Å². The number of nitrogens with one attached hydrogen (secondary N) is 2. The van der Waals surface area contributed by atoms with Crippen LogP contribution < -0.4 is 5.43 Å². The van der Waals surface area contributed by atoms with Crippen molar-refractivity contribution in [3.63, 3.8) is 0 Å². The Labute approximate surface area is 145 Å². The van der Waals surface area contributed by atoms with Crippen LogP contribution in [0.25, 0.3) is 22.4 Å². The molecule has 1 atom stereocenters. The number of hydrazone groups is 1. The molecule has 1 aromatic heterocycles. The van der Waals surface area contributed by atoms with Gasteiger partial charge in [-0.1, -0.05) is 36.4 Å². The smallest absolute Gasteiger partial charge is 0.241 e. The molecule has 0 aliphatic carbocycles. The van der Waals surface area contributed by atoms with Crippen LogP contribution in [0.2, 0.25) is 0 Å². The molecule has 0 saturated heterocycles. The van der Waals surface area contributed by atoms with Gasteiger partial charge in [0, 0.05) is 23.6 Å². The fourth-order valence-corrected chi connectivity index (χ4v) is 2.94. The molecule has 0 radical (unpaired) electrons. The van der Waals surface area contributed by atoms with Crippen LogP contribution in [-0.4, -0.2) is 22.1 Å². The van der Waals surface area contributed by atoms with E-state index in [1.807, 2.05) is 49.4 Å². The summed E-state index contributed by atoms with van der Waals surface area (Å²) in [5.74, 6) is 0.780. The Morgan fingerprint density at radius 1 is 1.12 bits per heavy atom. The highest BCUT2D eigenvalue weighted by molar-refractivity contribution is 5.90. The summed E-state index contributed by atoms with van der Waals surface area (Å²) in [7, 11) is 0. The lowest BCUT2D eigenvalue weighted by molar-refractivity contribution is -0.122. The maximum atomic E-state index is 11.7. The van der Waals surface area contributed by atoms with Crippen LogP contribution >= 0.6 is 12.4 Å². The lowest BCUT2D eigenvalue weighted by Gasteiger charge is -2.27. The van der Waals surface area contributed by atoms with E-state index >= 15 is 0 Å². The molecule has 0 saturated carbocycles.